The summed E-state index contributed by atoms with van der Waals surface area (Å²) in [6.45, 7) is 3.95. The average Bonchev–Trinajstić information content (AvgIpc) is 2.63. The first-order valence-electron chi connectivity index (χ1n) is 8.42. The maximum atomic E-state index is 10.00. The van der Waals surface area contributed by atoms with Crippen molar-refractivity contribution in [2.24, 2.45) is 0 Å². The molecule has 0 aliphatic carbocycles. The lowest BCUT2D eigenvalue weighted by atomic mass is 9.92. The zero-order valence-corrected chi connectivity index (χ0v) is 15.2. The van der Waals surface area contributed by atoms with Gasteiger partial charge in [-0.2, -0.15) is 0 Å². The number of phenolic OH excluding ortho intramolecular Hbond substituents is 1. The summed E-state index contributed by atoms with van der Waals surface area (Å²) in [7, 11) is 4.88. The molecule has 2 aromatic rings. The fourth-order valence-corrected chi connectivity index (χ4v) is 3.48. The van der Waals surface area contributed by atoms with Gasteiger partial charge in [0.25, 0.3) is 0 Å². The van der Waals surface area contributed by atoms with Gasteiger partial charge in [0.2, 0.25) is 0 Å². The van der Waals surface area contributed by atoms with Gasteiger partial charge in [-0.15, -0.1) is 0 Å². The van der Waals surface area contributed by atoms with Gasteiger partial charge in [0.1, 0.15) is 0 Å². The van der Waals surface area contributed by atoms with Crippen LogP contribution >= 0.6 is 0 Å². The quantitative estimate of drug-likeness (QED) is 0.900. The molecule has 1 heterocycles. The number of rotatable bonds is 5. The summed E-state index contributed by atoms with van der Waals surface area (Å²) in [4.78, 5) is 2.42. The van der Waals surface area contributed by atoms with Crippen LogP contribution in [0.3, 0.4) is 0 Å². The summed E-state index contributed by atoms with van der Waals surface area (Å²) >= 11 is 0. The molecule has 0 spiro atoms. The van der Waals surface area contributed by atoms with Gasteiger partial charge in [-0.1, -0.05) is 6.07 Å². The maximum absolute atomic E-state index is 10.00. The third-order valence-electron chi connectivity index (χ3n) is 4.94. The van der Waals surface area contributed by atoms with Crippen LogP contribution in [0, 0.1) is 0 Å². The first-order valence-corrected chi connectivity index (χ1v) is 8.42. The van der Waals surface area contributed by atoms with Crippen LogP contribution in [0.15, 0.2) is 30.3 Å². The number of methoxy groups -OCH3 is 3. The number of ether oxygens (including phenoxy) is 3. The molecule has 1 aliphatic heterocycles. The fourth-order valence-electron chi connectivity index (χ4n) is 3.48. The molecule has 1 unspecified atom stereocenters. The normalized spacial score (nSPS) is 17.0. The Kier molecular flexibility index (Phi) is 5.04. The highest BCUT2D eigenvalue weighted by Gasteiger charge is 2.25. The van der Waals surface area contributed by atoms with E-state index in [9.17, 15) is 5.11 Å². The Labute approximate surface area is 148 Å². The molecule has 2 aromatic carbocycles. The van der Waals surface area contributed by atoms with E-state index in [2.05, 4.69) is 17.9 Å². The number of hydrogen-bond donors (Lipinski definition) is 1. The van der Waals surface area contributed by atoms with E-state index in [0.717, 1.165) is 31.0 Å². The van der Waals surface area contributed by atoms with Crippen molar-refractivity contribution in [3.63, 3.8) is 0 Å². The SMILES string of the molecule is COc1cc2c(cc1O)CCN(Cc1ccc(OC)c(OC)c1)C2C. The number of aromatic hydroxyl groups is 1. The molecule has 1 N–H and O–H groups in total. The minimum Gasteiger partial charge on any atom is -0.504 e. The van der Waals surface area contributed by atoms with Gasteiger partial charge < -0.3 is 19.3 Å². The Morgan fingerprint density at radius 3 is 2.40 bits per heavy atom. The number of fused-ring (bicyclic) bond motifs is 1. The number of benzene rings is 2. The molecule has 0 amide bonds. The monoisotopic (exact) mass is 343 g/mol. The topological polar surface area (TPSA) is 51.2 Å². The number of hydrogen-bond acceptors (Lipinski definition) is 5. The lowest BCUT2D eigenvalue weighted by Crippen LogP contribution is -2.33. The highest BCUT2D eigenvalue weighted by atomic mass is 16.5. The molecule has 5 nitrogen and oxygen atoms in total. The van der Waals surface area contributed by atoms with Crippen LogP contribution in [0.2, 0.25) is 0 Å². The van der Waals surface area contributed by atoms with E-state index in [1.54, 1.807) is 21.3 Å². The van der Waals surface area contributed by atoms with E-state index in [4.69, 9.17) is 14.2 Å². The second kappa shape index (κ2) is 7.23. The van der Waals surface area contributed by atoms with Crippen LogP contribution in [0.4, 0.5) is 0 Å². The van der Waals surface area contributed by atoms with E-state index in [0.29, 0.717) is 5.75 Å². The standard InChI is InChI=1S/C20H25NO4/c1-13-16-11-19(24-3)17(22)10-15(16)7-8-21(13)12-14-5-6-18(23-2)20(9-14)25-4/h5-6,9-11,13,22H,7-8,12H2,1-4H3. The summed E-state index contributed by atoms with van der Waals surface area (Å²) < 4.78 is 16.0. The third kappa shape index (κ3) is 3.37. The summed E-state index contributed by atoms with van der Waals surface area (Å²) in [5.74, 6) is 2.22. The van der Waals surface area contributed by atoms with Crippen molar-refractivity contribution in [3.05, 3.63) is 47.0 Å². The van der Waals surface area contributed by atoms with Crippen LogP contribution in [0.5, 0.6) is 23.0 Å². The molecule has 0 aromatic heterocycles. The Hall–Kier alpha value is -2.40. The van der Waals surface area contributed by atoms with Crippen molar-refractivity contribution in [2.45, 2.75) is 25.9 Å². The van der Waals surface area contributed by atoms with Gasteiger partial charge in [-0.05, 0) is 54.3 Å². The predicted molar refractivity (Wildman–Crippen MR) is 96.7 cm³/mol. The van der Waals surface area contributed by atoms with Gasteiger partial charge in [0.05, 0.1) is 21.3 Å². The molecule has 1 atom stereocenters. The Balaban J connectivity index is 1.83. The molecule has 1 aliphatic rings. The highest BCUT2D eigenvalue weighted by Crippen LogP contribution is 2.38. The second-order valence-corrected chi connectivity index (χ2v) is 6.31. The minimum atomic E-state index is 0.210. The van der Waals surface area contributed by atoms with Crippen LogP contribution in [0.1, 0.15) is 29.7 Å². The second-order valence-electron chi connectivity index (χ2n) is 6.31. The molecule has 3 rings (SSSR count). The van der Waals surface area contributed by atoms with E-state index >= 15 is 0 Å². The molecule has 0 bridgehead atoms. The molecule has 0 saturated carbocycles. The third-order valence-corrected chi connectivity index (χ3v) is 4.94. The maximum Gasteiger partial charge on any atom is 0.161 e. The van der Waals surface area contributed by atoms with Gasteiger partial charge in [0, 0.05) is 19.1 Å². The number of phenols is 1. The molecule has 25 heavy (non-hydrogen) atoms. The average molecular weight is 343 g/mol. The molecule has 0 fully saturated rings. The highest BCUT2D eigenvalue weighted by molar-refractivity contribution is 5.48. The van der Waals surface area contributed by atoms with E-state index < -0.39 is 0 Å². The first-order chi connectivity index (χ1) is 12.1. The van der Waals surface area contributed by atoms with Gasteiger partial charge >= 0.3 is 0 Å². The zero-order valence-electron chi connectivity index (χ0n) is 15.2. The van der Waals surface area contributed by atoms with Gasteiger partial charge in [-0.25, -0.2) is 0 Å². The molecular weight excluding hydrogens is 318 g/mol. The summed E-state index contributed by atoms with van der Waals surface area (Å²) in [5, 5.41) is 10.00. The van der Waals surface area contributed by atoms with Gasteiger partial charge in [0.15, 0.2) is 23.0 Å². The first kappa shape index (κ1) is 17.4. The van der Waals surface area contributed by atoms with Gasteiger partial charge in [-0.3, -0.25) is 4.90 Å². The molecule has 134 valence electrons. The van der Waals surface area contributed by atoms with Crippen LogP contribution in [0.25, 0.3) is 0 Å². The predicted octanol–water partition coefficient (Wildman–Crippen LogP) is 3.54. The summed E-state index contributed by atoms with van der Waals surface area (Å²) in [6, 6.07) is 10.1. The lowest BCUT2D eigenvalue weighted by molar-refractivity contribution is 0.188. The van der Waals surface area contributed by atoms with Crippen molar-refractivity contribution in [2.75, 3.05) is 27.9 Å². The molecule has 0 saturated heterocycles. The largest absolute Gasteiger partial charge is 0.504 e. The van der Waals surface area contributed by atoms with Crippen molar-refractivity contribution in [1.29, 1.82) is 0 Å². The van der Waals surface area contributed by atoms with Crippen molar-refractivity contribution < 1.29 is 19.3 Å². The van der Waals surface area contributed by atoms with E-state index in [1.807, 2.05) is 24.3 Å². The molecule has 0 radical (unpaired) electrons. The van der Waals surface area contributed by atoms with Crippen LogP contribution < -0.4 is 14.2 Å². The van der Waals surface area contributed by atoms with Crippen LogP contribution in [-0.2, 0) is 13.0 Å². The molecule has 5 heteroatoms. The smallest absolute Gasteiger partial charge is 0.161 e. The Morgan fingerprint density at radius 1 is 1.00 bits per heavy atom. The lowest BCUT2D eigenvalue weighted by Gasteiger charge is -2.35. The number of nitrogens with zero attached hydrogens (tertiary/aromatic N) is 1. The fraction of sp³-hybridized carbons (Fsp3) is 0.400. The van der Waals surface area contributed by atoms with Crippen molar-refractivity contribution in [3.8, 4) is 23.0 Å². The van der Waals surface area contributed by atoms with E-state index in [-0.39, 0.29) is 11.8 Å². The van der Waals surface area contributed by atoms with Crippen molar-refractivity contribution >= 4 is 0 Å². The Bertz CT molecular complexity index is 760. The van der Waals surface area contributed by atoms with Crippen molar-refractivity contribution in [1.82, 2.24) is 4.90 Å². The minimum absolute atomic E-state index is 0.210. The van der Waals surface area contributed by atoms with Crippen LogP contribution in [-0.4, -0.2) is 37.9 Å². The zero-order chi connectivity index (χ0) is 18.0. The molecular formula is C20H25NO4. The summed E-state index contributed by atoms with van der Waals surface area (Å²) in [5.41, 5.74) is 3.58. The van der Waals surface area contributed by atoms with E-state index in [1.165, 1.54) is 16.7 Å². The summed E-state index contributed by atoms with van der Waals surface area (Å²) in [6.07, 6.45) is 0.907. The Morgan fingerprint density at radius 2 is 1.72 bits per heavy atom.